The van der Waals surface area contributed by atoms with E-state index < -0.39 is 11.1 Å². The second kappa shape index (κ2) is 9.89. The van der Waals surface area contributed by atoms with E-state index in [1.165, 1.54) is 4.90 Å². The molecule has 0 bridgehead atoms. The Hall–Kier alpha value is -5.21. The van der Waals surface area contributed by atoms with E-state index in [0.717, 1.165) is 63.2 Å². The van der Waals surface area contributed by atoms with Gasteiger partial charge in [-0.15, -0.1) is 0 Å². The van der Waals surface area contributed by atoms with Gasteiger partial charge in [-0.25, -0.2) is 9.97 Å². The summed E-state index contributed by atoms with van der Waals surface area (Å²) in [5, 5.41) is 17.3. The summed E-state index contributed by atoms with van der Waals surface area (Å²) in [4.78, 5) is 38.9. The molecule has 0 atom stereocenters. The van der Waals surface area contributed by atoms with Crippen LogP contribution < -0.4 is 0 Å². The lowest BCUT2D eigenvalue weighted by Crippen LogP contribution is -2.66. The van der Waals surface area contributed by atoms with Crippen LogP contribution in [0, 0.1) is 5.92 Å². The van der Waals surface area contributed by atoms with Crippen LogP contribution in [0.25, 0.3) is 39.1 Å². The van der Waals surface area contributed by atoms with Crippen LogP contribution in [0.3, 0.4) is 0 Å². The summed E-state index contributed by atoms with van der Waals surface area (Å²) in [5.41, 5.74) is 5.95. The fourth-order valence-electron chi connectivity index (χ4n) is 7.57. The standard InChI is InChI=1S/C39H33N5O3/c1-23(2)39(47)21-38(22-39,43-36(45)29-10-6-7-11-30(29)37(43)46)28-16-14-26(15-17-28)34-31(24-8-4-3-5-9-24)18-27-20-40-33-19-32(25-12-13-25)42-44(33)35(27)41-34/h3-11,14-20,23,25,47H,12-13,21-22H2,1-2H3/t38-,39+. The molecular weight excluding hydrogens is 586 g/mol. The minimum absolute atomic E-state index is 0.0330. The van der Waals surface area contributed by atoms with Crippen molar-refractivity contribution in [2.45, 2.75) is 56.6 Å². The first-order valence-electron chi connectivity index (χ1n) is 16.3. The molecule has 47 heavy (non-hydrogen) atoms. The van der Waals surface area contributed by atoms with Gasteiger partial charge in [-0.3, -0.25) is 14.5 Å². The van der Waals surface area contributed by atoms with Gasteiger partial charge in [0.2, 0.25) is 0 Å². The van der Waals surface area contributed by atoms with Gasteiger partial charge in [0.05, 0.1) is 33.7 Å². The number of nitrogens with zero attached hydrogens (tertiary/aromatic N) is 5. The van der Waals surface area contributed by atoms with Crippen molar-refractivity contribution in [3.8, 4) is 22.4 Å². The van der Waals surface area contributed by atoms with Crippen LogP contribution >= 0.6 is 0 Å². The fraction of sp³-hybridized carbons (Fsp3) is 0.256. The molecule has 3 aliphatic rings. The van der Waals surface area contributed by atoms with E-state index >= 15 is 0 Å². The average molecular weight is 620 g/mol. The highest BCUT2D eigenvalue weighted by Gasteiger charge is 2.63. The molecule has 3 aromatic carbocycles. The van der Waals surface area contributed by atoms with Crippen molar-refractivity contribution in [2.75, 3.05) is 0 Å². The molecule has 8 nitrogen and oxygen atoms in total. The molecule has 9 rings (SSSR count). The maximum absolute atomic E-state index is 13.8. The van der Waals surface area contributed by atoms with Crippen LogP contribution in [-0.4, -0.2) is 47.0 Å². The van der Waals surface area contributed by atoms with Crippen LogP contribution in [0.4, 0.5) is 0 Å². The second-order valence-electron chi connectivity index (χ2n) is 13.7. The third-order valence-electron chi connectivity index (χ3n) is 10.5. The zero-order chi connectivity index (χ0) is 32.1. The maximum Gasteiger partial charge on any atom is 0.262 e. The maximum atomic E-state index is 13.8. The molecule has 0 radical (unpaired) electrons. The van der Waals surface area contributed by atoms with Crippen molar-refractivity contribution < 1.29 is 14.7 Å². The van der Waals surface area contributed by atoms with Crippen LogP contribution in [-0.2, 0) is 5.54 Å². The Balaban J connectivity index is 1.18. The number of aliphatic hydroxyl groups is 1. The number of carbonyl (C=O) groups is 2. The number of hydrogen-bond donors (Lipinski definition) is 1. The Bertz CT molecular complexity index is 2210. The van der Waals surface area contributed by atoms with Crippen LogP contribution in [0.2, 0.25) is 0 Å². The first-order valence-corrected chi connectivity index (χ1v) is 16.3. The summed E-state index contributed by atoms with van der Waals surface area (Å²) < 4.78 is 1.86. The molecule has 0 saturated heterocycles. The first kappa shape index (κ1) is 28.0. The largest absolute Gasteiger partial charge is 0.389 e. The molecular formula is C39H33N5O3. The van der Waals surface area contributed by atoms with Gasteiger partial charge in [-0.1, -0.05) is 80.6 Å². The fourth-order valence-corrected chi connectivity index (χ4v) is 7.57. The number of hydrogen-bond acceptors (Lipinski definition) is 6. The van der Waals surface area contributed by atoms with Crippen molar-refractivity contribution in [1.29, 1.82) is 0 Å². The van der Waals surface area contributed by atoms with E-state index in [2.05, 4.69) is 24.3 Å². The third-order valence-corrected chi connectivity index (χ3v) is 10.5. The molecule has 2 saturated carbocycles. The number of benzene rings is 3. The lowest BCUT2D eigenvalue weighted by Gasteiger charge is -2.58. The van der Waals surface area contributed by atoms with Gasteiger partial charge >= 0.3 is 0 Å². The normalized spacial score (nSPS) is 22.3. The van der Waals surface area contributed by atoms with Crippen molar-refractivity contribution in [1.82, 2.24) is 24.5 Å². The Morgan fingerprint density at radius 3 is 2.11 bits per heavy atom. The third kappa shape index (κ3) is 4.14. The molecule has 0 unspecified atom stereocenters. The summed E-state index contributed by atoms with van der Waals surface area (Å²) in [5.74, 6) is -0.165. The predicted octanol–water partition coefficient (Wildman–Crippen LogP) is 7.16. The molecule has 4 heterocycles. The first-order chi connectivity index (χ1) is 22.8. The van der Waals surface area contributed by atoms with E-state index in [0.29, 0.717) is 17.0 Å². The van der Waals surface area contributed by atoms with Crippen LogP contribution in [0.1, 0.15) is 77.4 Å². The number of fused-ring (bicyclic) bond motifs is 4. The molecule has 1 N–H and O–H groups in total. The minimum Gasteiger partial charge on any atom is -0.389 e. The Kier molecular flexibility index (Phi) is 5.90. The second-order valence-corrected chi connectivity index (χ2v) is 13.7. The Morgan fingerprint density at radius 2 is 1.47 bits per heavy atom. The van der Waals surface area contributed by atoms with Gasteiger partial charge in [-0.2, -0.15) is 9.61 Å². The highest BCUT2D eigenvalue weighted by atomic mass is 16.3. The van der Waals surface area contributed by atoms with E-state index in [1.54, 1.807) is 24.3 Å². The molecule has 6 aromatic rings. The van der Waals surface area contributed by atoms with E-state index in [4.69, 9.17) is 15.1 Å². The quantitative estimate of drug-likeness (QED) is 0.199. The average Bonchev–Trinajstić information content (AvgIpc) is 3.79. The van der Waals surface area contributed by atoms with Gasteiger partial charge in [0, 0.05) is 47.5 Å². The Morgan fingerprint density at radius 1 is 0.809 bits per heavy atom. The Labute approximate surface area is 271 Å². The molecule has 232 valence electrons. The van der Waals surface area contributed by atoms with Crippen molar-refractivity contribution in [3.05, 3.63) is 120 Å². The summed E-state index contributed by atoms with van der Waals surface area (Å²) in [6.45, 7) is 3.96. The lowest BCUT2D eigenvalue weighted by atomic mass is 9.57. The molecule has 3 aromatic heterocycles. The van der Waals surface area contributed by atoms with Gasteiger partial charge in [0.1, 0.15) is 0 Å². The van der Waals surface area contributed by atoms with Crippen molar-refractivity contribution in [3.63, 3.8) is 0 Å². The number of aromatic nitrogens is 4. The number of pyridine rings is 1. The van der Waals surface area contributed by atoms with Crippen molar-refractivity contribution >= 4 is 28.5 Å². The van der Waals surface area contributed by atoms with E-state index in [1.807, 2.05) is 67.0 Å². The summed E-state index contributed by atoms with van der Waals surface area (Å²) in [6.07, 6.45) is 4.73. The van der Waals surface area contributed by atoms with Crippen molar-refractivity contribution in [2.24, 2.45) is 5.92 Å². The van der Waals surface area contributed by atoms with Gasteiger partial charge in [0.15, 0.2) is 11.3 Å². The predicted molar refractivity (Wildman–Crippen MR) is 179 cm³/mol. The van der Waals surface area contributed by atoms with E-state index in [9.17, 15) is 14.7 Å². The van der Waals surface area contributed by atoms with Crippen LogP contribution in [0.15, 0.2) is 97.2 Å². The highest BCUT2D eigenvalue weighted by molar-refractivity contribution is 6.22. The highest BCUT2D eigenvalue weighted by Crippen LogP contribution is 2.57. The summed E-state index contributed by atoms with van der Waals surface area (Å²) >= 11 is 0. The smallest absolute Gasteiger partial charge is 0.262 e. The zero-order valence-corrected chi connectivity index (χ0v) is 26.2. The molecule has 0 spiro atoms. The van der Waals surface area contributed by atoms with E-state index in [-0.39, 0.29) is 30.6 Å². The SMILES string of the molecule is CC(C)[C@]1(O)C[C@@](c2ccc(-c3nc4c(cnc5cc(C6CC6)nn54)cc3-c3ccccc3)cc2)(N2C(=O)c3ccccc3C2=O)C1. The van der Waals surface area contributed by atoms with Gasteiger partial charge in [-0.05, 0) is 48.1 Å². The zero-order valence-electron chi connectivity index (χ0n) is 26.2. The van der Waals surface area contributed by atoms with Gasteiger partial charge < -0.3 is 5.11 Å². The topological polar surface area (TPSA) is 101 Å². The molecule has 2 amide bonds. The monoisotopic (exact) mass is 619 g/mol. The van der Waals surface area contributed by atoms with Gasteiger partial charge in [0.25, 0.3) is 11.8 Å². The number of imide groups is 1. The minimum atomic E-state index is -0.989. The molecule has 1 aliphatic heterocycles. The molecule has 8 heteroatoms. The molecule has 2 aliphatic carbocycles. The summed E-state index contributed by atoms with van der Waals surface area (Å²) in [6, 6.07) is 29.3. The molecule has 2 fully saturated rings. The number of rotatable bonds is 6. The van der Waals surface area contributed by atoms with Crippen LogP contribution in [0.5, 0.6) is 0 Å². The summed E-state index contributed by atoms with van der Waals surface area (Å²) in [7, 11) is 0. The number of carbonyl (C=O) groups excluding carboxylic acids is 2. The lowest BCUT2D eigenvalue weighted by molar-refractivity contribution is -0.156. The number of amides is 2.